The Morgan fingerprint density at radius 3 is 2.57 bits per heavy atom. The summed E-state index contributed by atoms with van der Waals surface area (Å²) in [4.78, 5) is 12.7. The van der Waals surface area contributed by atoms with Crippen molar-refractivity contribution in [3.05, 3.63) is 53.1 Å². The Bertz CT molecular complexity index is 995. The molecule has 0 saturated carbocycles. The maximum atomic E-state index is 13.2. The average molecular weight is 453 g/mol. The van der Waals surface area contributed by atoms with E-state index in [4.69, 9.17) is 21.1 Å². The van der Waals surface area contributed by atoms with E-state index in [0.717, 1.165) is 11.3 Å². The number of ether oxygens (including phenoxy) is 2. The van der Waals surface area contributed by atoms with Gasteiger partial charge in [0.05, 0.1) is 20.1 Å². The summed E-state index contributed by atoms with van der Waals surface area (Å²) in [5.41, 5.74) is 0.938. The van der Waals surface area contributed by atoms with Gasteiger partial charge in [0.15, 0.2) is 0 Å². The van der Waals surface area contributed by atoms with E-state index in [0.29, 0.717) is 31.0 Å². The lowest BCUT2D eigenvalue weighted by molar-refractivity contribution is -0.126. The van der Waals surface area contributed by atoms with Gasteiger partial charge in [-0.3, -0.25) is 4.79 Å². The van der Waals surface area contributed by atoms with Gasteiger partial charge in [0.1, 0.15) is 16.4 Å². The van der Waals surface area contributed by atoms with Crippen LogP contribution in [0.25, 0.3) is 0 Å². The van der Waals surface area contributed by atoms with Crippen LogP contribution >= 0.6 is 11.6 Å². The number of methoxy groups -OCH3 is 2. The molecule has 9 heteroatoms. The molecule has 3 rings (SSSR count). The summed E-state index contributed by atoms with van der Waals surface area (Å²) in [6.07, 6.45) is 1.23. The number of piperidine rings is 1. The fraction of sp³-hybridized carbons (Fsp3) is 0.381. The fourth-order valence-corrected chi connectivity index (χ4v) is 5.38. The molecular formula is C21H25ClN2O5S. The summed E-state index contributed by atoms with van der Waals surface area (Å²) >= 11 is 6.01. The zero-order valence-corrected chi connectivity index (χ0v) is 18.5. The Morgan fingerprint density at radius 1 is 1.17 bits per heavy atom. The van der Waals surface area contributed by atoms with Gasteiger partial charge in [0, 0.05) is 24.7 Å². The third-order valence-corrected chi connectivity index (χ3v) is 7.25. The van der Waals surface area contributed by atoms with Crippen LogP contribution in [0.4, 0.5) is 0 Å². The van der Waals surface area contributed by atoms with Gasteiger partial charge in [-0.25, -0.2) is 8.42 Å². The molecule has 1 aliphatic rings. The number of sulfonamides is 1. The molecule has 1 heterocycles. The van der Waals surface area contributed by atoms with Gasteiger partial charge < -0.3 is 14.8 Å². The van der Waals surface area contributed by atoms with Crippen molar-refractivity contribution in [3.63, 3.8) is 0 Å². The number of hydrogen-bond donors (Lipinski definition) is 1. The summed E-state index contributed by atoms with van der Waals surface area (Å²) in [6.45, 7) is 0.834. The second-order valence-electron chi connectivity index (χ2n) is 7.06. The van der Waals surface area contributed by atoms with Gasteiger partial charge in [-0.15, -0.1) is 0 Å². The molecule has 1 amide bonds. The third kappa shape index (κ3) is 5.06. The molecule has 1 N–H and O–H groups in total. The van der Waals surface area contributed by atoms with Crippen LogP contribution in [0, 0.1) is 5.92 Å². The minimum absolute atomic E-state index is 0.0109. The molecule has 0 aromatic heterocycles. The molecule has 1 fully saturated rings. The number of amides is 1. The van der Waals surface area contributed by atoms with Crippen molar-refractivity contribution in [1.29, 1.82) is 0 Å². The quantitative estimate of drug-likeness (QED) is 0.697. The number of halogens is 1. The van der Waals surface area contributed by atoms with Crippen molar-refractivity contribution in [2.24, 2.45) is 5.92 Å². The number of carbonyl (C=O) groups is 1. The lowest BCUT2D eigenvalue weighted by atomic mass is 9.99. The number of hydrogen-bond acceptors (Lipinski definition) is 5. The van der Waals surface area contributed by atoms with Crippen molar-refractivity contribution in [2.75, 3.05) is 27.3 Å². The Morgan fingerprint density at radius 2 is 1.90 bits per heavy atom. The summed E-state index contributed by atoms with van der Waals surface area (Å²) in [5, 5.41) is 3.21. The smallest absolute Gasteiger partial charge is 0.246 e. The zero-order chi connectivity index (χ0) is 21.7. The number of nitrogens with one attached hydrogen (secondary N) is 1. The predicted molar refractivity (Wildman–Crippen MR) is 114 cm³/mol. The van der Waals surface area contributed by atoms with E-state index < -0.39 is 15.9 Å². The second-order valence-corrected chi connectivity index (χ2v) is 9.41. The Balaban J connectivity index is 1.68. The van der Waals surface area contributed by atoms with Gasteiger partial charge in [-0.1, -0.05) is 23.7 Å². The Hall–Kier alpha value is -2.29. The van der Waals surface area contributed by atoms with E-state index in [9.17, 15) is 13.2 Å². The predicted octanol–water partition coefficient (Wildman–Crippen LogP) is 3.07. The number of nitrogens with zero attached hydrogens (tertiary/aromatic N) is 1. The van der Waals surface area contributed by atoms with Crippen molar-refractivity contribution in [3.8, 4) is 11.5 Å². The molecule has 2 aromatic rings. The highest BCUT2D eigenvalue weighted by Gasteiger charge is 2.34. The summed E-state index contributed by atoms with van der Waals surface area (Å²) in [6, 6.07) is 11.9. The Labute approximate surface area is 182 Å². The van der Waals surface area contributed by atoms with Crippen LogP contribution in [0.15, 0.2) is 47.4 Å². The largest absolute Gasteiger partial charge is 0.497 e. The van der Waals surface area contributed by atoms with E-state index in [1.54, 1.807) is 13.2 Å². The highest BCUT2D eigenvalue weighted by Crippen LogP contribution is 2.32. The molecule has 0 bridgehead atoms. The lowest BCUT2D eigenvalue weighted by Crippen LogP contribution is -2.45. The molecular weight excluding hydrogens is 428 g/mol. The van der Waals surface area contributed by atoms with Crippen LogP contribution < -0.4 is 14.8 Å². The van der Waals surface area contributed by atoms with E-state index in [-0.39, 0.29) is 23.1 Å². The van der Waals surface area contributed by atoms with Gasteiger partial charge in [-0.05, 0) is 48.7 Å². The third-order valence-electron chi connectivity index (χ3n) is 5.12. The monoisotopic (exact) mass is 452 g/mol. The van der Waals surface area contributed by atoms with Gasteiger partial charge in [-0.2, -0.15) is 4.31 Å². The van der Waals surface area contributed by atoms with Crippen molar-refractivity contribution in [2.45, 2.75) is 24.3 Å². The number of benzene rings is 2. The molecule has 7 nitrogen and oxygen atoms in total. The van der Waals surface area contributed by atoms with Crippen molar-refractivity contribution < 1.29 is 22.7 Å². The Kier molecular flexibility index (Phi) is 7.23. The molecule has 2 aromatic carbocycles. The molecule has 30 heavy (non-hydrogen) atoms. The lowest BCUT2D eigenvalue weighted by Gasteiger charge is -2.31. The van der Waals surface area contributed by atoms with Gasteiger partial charge in [0.2, 0.25) is 15.9 Å². The minimum Gasteiger partial charge on any atom is -0.497 e. The highest BCUT2D eigenvalue weighted by atomic mass is 35.5. The van der Waals surface area contributed by atoms with Crippen LogP contribution in [0.1, 0.15) is 18.4 Å². The molecule has 0 unspecified atom stereocenters. The van der Waals surface area contributed by atoms with Crippen LogP contribution in [-0.4, -0.2) is 45.9 Å². The van der Waals surface area contributed by atoms with Crippen molar-refractivity contribution >= 4 is 27.5 Å². The highest BCUT2D eigenvalue weighted by molar-refractivity contribution is 7.89. The molecule has 0 spiro atoms. The first-order valence-electron chi connectivity index (χ1n) is 9.59. The fourth-order valence-electron chi connectivity index (χ4n) is 3.44. The maximum Gasteiger partial charge on any atom is 0.246 e. The van der Waals surface area contributed by atoms with E-state index in [2.05, 4.69) is 5.32 Å². The van der Waals surface area contributed by atoms with Crippen LogP contribution in [0.3, 0.4) is 0 Å². The number of carbonyl (C=O) groups excluding carboxylic acids is 1. The molecule has 0 radical (unpaired) electrons. The minimum atomic E-state index is -3.84. The number of rotatable bonds is 7. The molecule has 0 aliphatic carbocycles. The molecule has 1 atom stereocenters. The van der Waals surface area contributed by atoms with Crippen LogP contribution in [-0.2, 0) is 21.4 Å². The molecule has 1 saturated heterocycles. The SMILES string of the molecule is COc1ccc(CNC(=O)[C@@H]2CCCN(S(=O)(=O)c3cc(Cl)ccc3OC)C2)cc1. The van der Waals surface area contributed by atoms with E-state index in [1.165, 1.54) is 23.5 Å². The second kappa shape index (κ2) is 9.68. The standard InChI is InChI=1S/C21H25ClN2O5S/c1-28-18-8-5-15(6-9-18)13-23-21(25)16-4-3-11-24(14-16)30(26,27)20-12-17(22)7-10-19(20)29-2/h5-10,12,16H,3-4,11,13-14H2,1-2H3,(H,23,25)/t16-/m1/s1. The van der Waals surface area contributed by atoms with Crippen molar-refractivity contribution in [1.82, 2.24) is 9.62 Å². The first-order chi connectivity index (χ1) is 14.3. The van der Waals surface area contributed by atoms with Crippen LogP contribution in [0.2, 0.25) is 5.02 Å². The van der Waals surface area contributed by atoms with E-state index in [1.807, 2.05) is 24.3 Å². The van der Waals surface area contributed by atoms with Crippen LogP contribution in [0.5, 0.6) is 11.5 Å². The summed E-state index contributed by atoms with van der Waals surface area (Å²) < 4.78 is 38.0. The normalized spacial score (nSPS) is 17.4. The van der Waals surface area contributed by atoms with E-state index >= 15 is 0 Å². The molecule has 162 valence electrons. The van der Waals surface area contributed by atoms with Gasteiger partial charge in [0.25, 0.3) is 0 Å². The topological polar surface area (TPSA) is 84.9 Å². The van der Waals surface area contributed by atoms with Gasteiger partial charge >= 0.3 is 0 Å². The maximum absolute atomic E-state index is 13.2. The zero-order valence-electron chi connectivity index (χ0n) is 16.9. The summed E-state index contributed by atoms with van der Waals surface area (Å²) in [5.74, 6) is 0.390. The first kappa shape index (κ1) is 22.4. The first-order valence-corrected chi connectivity index (χ1v) is 11.4. The molecule has 1 aliphatic heterocycles. The summed E-state index contributed by atoms with van der Waals surface area (Å²) in [7, 11) is -0.832. The average Bonchev–Trinajstić information content (AvgIpc) is 2.77.